The van der Waals surface area contributed by atoms with Crippen LogP contribution in [0.2, 0.25) is 0 Å². The average molecular weight is 471 g/mol. The van der Waals surface area contributed by atoms with Crippen molar-refractivity contribution in [3.05, 3.63) is 54.4 Å². The van der Waals surface area contributed by atoms with Gasteiger partial charge in [0.2, 0.25) is 0 Å². The Balaban J connectivity index is 0.990. The molecule has 1 unspecified atom stereocenters. The molecule has 0 radical (unpaired) electrons. The van der Waals surface area contributed by atoms with Crippen LogP contribution in [-0.4, -0.2) is 63.6 Å². The molecule has 4 heterocycles. The molecule has 1 aromatic carbocycles. The first-order chi connectivity index (χ1) is 17.2. The highest BCUT2D eigenvalue weighted by Crippen LogP contribution is 2.47. The minimum absolute atomic E-state index is 0.131. The molecular formula is C29H34N4O2. The number of fused-ring (bicyclic) bond motifs is 3. The number of hydrogen-bond donors (Lipinski definition) is 0. The zero-order valence-corrected chi connectivity index (χ0v) is 20.3. The maximum atomic E-state index is 12.6. The second-order valence-corrected chi connectivity index (χ2v) is 11.1. The molecule has 1 amide bonds. The predicted molar refractivity (Wildman–Crippen MR) is 136 cm³/mol. The largest absolute Gasteiger partial charge is 0.489 e. The Morgan fingerprint density at radius 2 is 1.83 bits per heavy atom. The minimum atomic E-state index is 0.131. The number of carbonyl (C=O) groups is 1. The van der Waals surface area contributed by atoms with Crippen LogP contribution >= 0.6 is 0 Å². The van der Waals surface area contributed by atoms with E-state index in [1.54, 1.807) is 0 Å². The summed E-state index contributed by atoms with van der Waals surface area (Å²) in [6.07, 6.45) is 13.3. The first-order valence-corrected chi connectivity index (χ1v) is 13.5. The van der Waals surface area contributed by atoms with Crippen molar-refractivity contribution in [2.45, 2.75) is 57.1 Å². The summed E-state index contributed by atoms with van der Waals surface area (Å²) in [5.74, 6) is 3.82. The summed E-state index contributed by atoms with van der Waals surface area (Å²) in [7, 11) is 0. The molecule has 2 aromatic heterocycles. The zero-order valence-electron chi connectivity index (χ0n) is 20.3. The highest BCUT2D eigenvalue weighted by molar-refractivity contribution is 5.98. The van der Waals surface area contributed by atoms with Gasteiger partial charge in [-0.2, -0.15) is 0 Å². The van der Waals surface area contributed by atoms with Gasteiger partial charge in [0.25, 0.3) is 5.91 Å². The van der Waals surface area contributed by atoms with Gasteiger partial charge < -0.3 is 14.2 Å². The van der Waals surface area contributed by atoms with Crippen LogP contribution in [0.3, 0.4) is 0 Å². The van der Waals surface area contributed by atoms with Gasteiger partial charge in [-0.3, -0.25) is 9.69 Å². The van der Waals surface area contributed by atoms with Gasteiger partial charge in [-0.25, -0.2) is 4.98 Å². The number of ether oxygens (including phenoxy) is 1. The van der Waals surface area contributed by atoms with E-state index in [0.717, 1.165) is 78.3 Å². The second kappa shape index (κ2) is 8.66. The highest BCUT2D eigenvalue weighted by atomic mass is 16.5. The first kappa shape index (κ1) is 21.4. The number of benzene rings is 1. The number of likely N-dealkylation sites (tertiary alicyclic amines) is 2. The summed E-state index contributed by atoms with van der Waals surface area (Å²) in [4.78, 5) is 21.9. The molecule has 6 nitrogen and oxygen atoms in total. The summed E-state index contributed by atoms with van der Waals surface area (Å²) in [6.45, 7) is 4.08. The molecule has 2 aliphatic heterocycles. The van der Waals surface area contributed by atoms with Crippen molar-refractivity contribution in [1.29, 1.82) is 0 Å². The Bertz CT molecular complexity index is 1220. The van der Waals surface area contributed by atoms with E-state index in [1.165, 1.54) is 38.8 Å². The Kier molecular flexibility index (Phi) is 5.30. The third kappa shape index (κ3) is 3.92. The van der Waals surface area contributed by atoms with Crippen LogP contribution in [0.1, 0.15) is 55.3 Å². The number of rotatable bonds is 5. The summed E-state index contributed by atoms with van der Waals surface area (Å²) >= 11 is 0. The van der Waals surface area contributed by atoms with Crippen molar-refractivity contribution < 1.29 is 9.53 Å². The fourth-order valence-corrected chi connectivity index (χ4v) is 6.94. The maximum Gasteiger partial charge on any atom is 0.253 e. The van der Waals surface area contributed by atoms with Crippen molar-refractivity contribution >= 4 is 16.8 Å². The van der Waals surface area contributed by atoms with Crippen molar-refractivity contribution in [3.63, 3.8) is 0 Å². The van der Waals surface area contributed by atoms with E-state index in [9.17, 15) is 4.79 Å². The average Bonchev–Trinajstić information content (AvgIpc) is 3.59. The van der Waals surface area contributed by atoms with Gasteiger partial charge >= 0.3 is 0 Å². The molecule has 0 N–H and O–H groups in total. The second-order valence-electron chi connectivity index (χ2n) is 11.1. The van der Waals surface area contributed by atoms with Crippen LogP contribution in [0.15, 0.2) is 48.8 Å². The number of carbonyl (C=O) groups excluding carboxylic acids is 1. The standard InChI is InChI=1S/C29H34N4O2/c34-29(32-11-1-12-32)23-4-6-26-22(18-23)8-15-33(26)28-7-5-25(19-30-28)35-24-9-13-31(14-10-24)27-17-20-2-3-21(27)16-20/h4-8,15,18-21,24,27H,1-3,9-14,16-17H2/t20-,21-,27?/m0/s1. The lowest BCUT2D eigenvalue weighted by molar-refractivity contribution is 0.0568. The van der Waals surface area contributed by atoms with Crippen LogP contribution < -0.4 is 4.74 Å². The molecule has 4 fully saturated rings. The SMILES string of the molecule is O=C(c1ccc2c(ccn2-c2ccc(OC3CCN(C4C[C@H]5CC[C@H]4C5)CC3)cn2)c1)N1CCC1. The molecule has 3 atom stereocenters. The molecule has 35 heavy (non-hydrogen) atoms. The van der Waals surface area contributed by atoms with Gasteiger partial charge in [0, 0.05) is 49.4 Å². The molecule has 2 saturated carbocycles. The fraction of sp³-hybridized carbons (Fsp3) is 0.517. The third-order valence-corrected chi connectivity index (χ3v) is 9.00. The van der Waals surface area contributed by atoms with Gasteiger partial charge in [-0.15, -0.1) is 0 Å². The van der Waals surface area contributed by atoms with E-state index in [1.807, 2.05) is 47.6 Å². The Labute approximate surface area is 206 Å². The van der Waals surface area contributed by atoms with E-state index >= 15 is 0 Å². The minimum Gasteiger partial charge on any atom is -0.489 e. The number of aromatic nitrogens is 2. The van der Waals surface area contributed by atoms with Gasteiger partial charge in [-0.05, 0) is 86.8 Å². The normalized spacial score (nSPS) is 26.9. The number of pyridine rings is 1. The van der Waals surface area contributed by atoms with Crippen LogP contribution in [0.4, 0.5) is 0 Å². The van der Waals surface area contributed by atoms with E-state index in [-0.39, 0.29) is 12.0 Å². The van der Waals surface area contributed by atoms with Crippen molar-refractivity contribution in [3.8, 4) is 11.6 Å². The number of hydrogen-bond acceptors (Lipinski definition) is 4. The molecule has 7 rings (SSSR count). The Morgan fingerprint density at radius 3 is 2.51 bits per heavy atom. The lowest BCUT2D eigenvalue weighted by atomic mass is 9.92. The molecule has 6 heteroatoms. The van der Waals surface area contributed by atoms with Crippen LogP contribution in [0.25, 0.3) is 16.7 Å². The summed E-state index contributed by atoms with van der Waals surface area (Å²) in [5.41, 5.74) is 1.82. The third-order valence-electron chi connectivity index (χ3n) is 9.00. The summed E-state index contributed by atoms with van der Waals surface area (Å²) < 4.78 is 8.40. The maximum absolute atomic E-state index is 12.6. The smallest absolute Gasteiger partial charge is 0.253 e. The summed E-state index contributed by atoms with van der Waals surface area (Å²) in [6, 6.07) is 12.9. The van der Waals surface area contributed by atoms with E-state index in [0.29, 0.717) is 0 Å². The molecule has 2 saturated heterocycles. The highest BCUT2D eigenvalue weighted by Gasteiger charge is 2.43. The quantitative estimate of drug-likeness (QED) is 0.532. The lowest BCUT2D eigenvalue weighted by Crippen LogP contribution is -2.46. The molecule has 182 valence electrons. The Hall–Kier alpha value is -2.86. The van der Waals surface area contributed by atoms with Crippen molar-refractivity contribution in [2.75, 3.05) is 26.2 Å². The lowest BCUT2D eigenvalue weighted by Gasteiger charge is -2.39. The topological polar surface area (TPSA) is 50.6 Å². The molecule has 0 spiro atoms. The van der Waals surface area contributed by atoms with Crippen LogP contribution in [-0.2, 0) is 0 Å². The first-order valence-electron chi connectivity index (χ1n) is 13.5. The van der Waals surface area contributed by atoms with Gasteiger partial charge in [-0.1, -0.05) is 6.42 Å². The monoisotopic (exact) mass is 470 g/mol. The van der Waals surface area contributed by atoms with E-state index in [4.69, 9.17) is 9.72 Å². The van der Waals surface area contributed by atoms with Gasteiger partial charge in [0.15, 0.2) is 0 Å². The van der Waals surface area contributed by atoms with E-state index < -0.39 is 0 Å². The number of amides is 1. The van der Waals surface area contributed by atoms with Gasteiger partial charge in [0.1, 0.15) is 17.7 Å². The molecular weight excluding hydrogens is 436 g/mol. The van der Waals surface area contributed by atoms with Crippen molar-refractivity contribution in [2.24, 2.45) is 11.8 Å². The predicted octanol–water partition coefficient (Wildman–Crippen LogP) is 4.90. The van der Waals surface area contributed by atoms with Gasteiger partial charge in [0.05, 0.1) is 11.7 Å². The Morgan fingerprint density at radius 1 is 0.943 bits per heavy atom. The number of piperidine rings is 1. The van der Waals surface area contributed by atoms with Crippen LogP contribution in [0, 0.1) is 11.8 Å². The number of nitrogens with zero attached hydrogens (tertiary/aromatic N) is 4. The van der Waals surface area contributed by atoms with Crippen molar-refractivity contribution in [1.82, 2.24) is 19.4 Å². The zero-order chi connectivity index (χ0) is 23.4. The van der Waals surface area contributed by atoms with Crippen LogP contribution in [0.5, 0.6) is 5.75 Å². The fourth-order valence-electron chi connectivity index (χ4n) is 6.94. The molecule has 3 aromatic rings. The molecule has 4 aliphatic rings. The molecule has 2 bridgehead atoms. The molecule has 2 aliphatic carbocycles. The van der Waals surface area contributed by atoms with E-state index in [2.05, 4.69) is 15.5 Å². The summed E-state index contributed by atoms with van der Waals surface area (Å²) in [5, 5.41) is 1.06.